The lowest BCUT2D eigenvalue weighted by Gasteiger charge is -2.27. The van der Waals surface area contributed by atoms with Crippen LogP contribution in [0.5, 0.6) is 0 Å². The number of rotatable bonds is 6. The first-order valence-electron chi connectivity index (χ1n) is 7.89. The van der Waals surface area contributed by atoms with Crippen molar-refractivity contribution in [2.75, 3.05) is 57.9 Å². The number of amides is 2. The number of nitrogens with one attached hydrogen (secondary N) is 1. The summed E-state index contributed by atoms with van der Waals surface area (Å²) in [6.07, 6.45) is 0.842. The largest absolute Gasteiger partial charge is 0.378 e. The molecule has 2 fully saturated rings. The van der Waals surface area contributed by atoms with Crippen molar-refractivity contribution >= 4 is 21.7 Å². The van der Waals surface area contributed by atoms with Gasteiger partial charge in [0, 0.05) is 32.1 Å². The number of nitrogens with zero attached hydrogens (tertiary/aromatic N) is 2. The molecule has 0 aromatic carbocycles. The van der Waals surface area contributed by atoms with E-state index < -0.39 is 9.84 Å². The fourth-order valence-electron chi connectivity index (χ4n) is 2.76. The van der Waals surface area contributed by atoms with Crippen molar-refractivity contribution in [2.45, 2.75) is 18.9 Å². The number of carbonyl (C=O) groups excluding carboxylic acids is 2. The minimum Gasteiger partial charge on any atom is -0.378 e. The van der Waals surface area contributed by atoms with Crippen molar-refractivity contribution in [2.24, 2.45) is 0 Å². The topological polar surface area (TPSA) is 96.0 Å². The highest BCUT2D eigenvalue weighted by Crippen LogP contribution is 2.11. The van der Waals surface area contributed by atoms with Crippen LogP contribution in [0.2, 0.25) is 0 Å². The summed E-state index contributed by atoms with van der Waals surface area (Å²) >= 11 is 0. The van der Waals surface area contributed by atoms with E-state index in [1.165, 1.54) is 0 Å². The highest BCUT2D eigenvalue weighted by molar-refractivity contribution is 7.91. The van der Waals surface area contributed by atoms with Gasteiger partial charge in [-0.1, -0.05) is 0 Å². The highest BCUT2D eigenvalue weighted by atomic mass is 32.2. The standard InChI is InChI=1S/C14H25N3O5S/c1-16(4-2-14(19)17-5-7-22-8-6-17)10-13(18)15-12-3-9-23(20,21)11-12/h12H,2-11H2,1H3,(H,15,18)/t12-/m1/s1. The molecule has 0 unspecified atom stereocenters. The van der Waals surface area contributed by atoms with Gasteiger partial charge in [0.1, 0.15) is 0 Å². The molecule has 2 amide bonds. The normalized spacial score (nSPS) is 23.9. The van der Waals surface area contributed by atoms with Gasteiger partial charge in [-0.2, -0.15) is 0 Å². The second kappa shape index (κ2) is 8.07. The van der Waals surface area contributed by atoms with Crippen LogP contribution in [-0.4, -0.2) is 94.0 Å². The summed E-state index contributed by atoms with van der Waals surface area (Å²) < 4.78 is 27.9. The fraction of sp³-hybridized carbons (Fsp3) is 0.857. The minimum atomic E-state index is -2.99. The highest BCUT2D eigenvalue weighted by Gasteiger charge is 2.29. The molecule has 2 saturated heterocycles. The Kier molecular flexibility index (Phi) is 6.37. The molecular formula is C14H25N3O5S. The number of hydrogen-bond donors (Lipinski definition) is 1. The molecule has 132 valence electrons. The Morgan fingerprint density at radius 1 is 1.30 bits per heavy atom. The Bertz CT molecular complexity index is 531. The van der Waals surface area contributed by atoms with Crippen LogP contribution in [0.15, 0.2) is 0 Å². The Morgan fingerprint density at radius 2 is 2.00 bits per heavy atom. The van der Waals surface area contributed by atoms with E-state index in [0.29, 0.717) is 45.7 Å². The summed E-state index contributed by atoms with van der Waals surface area (Å²) in [5.41, 5.74) is 0. The Balaban J connectivity index is 1.64. The second-order valence-electron chi connectivity index (χ2n) is 6.15. The summed E-state index contributed by atoms with van der Waals surface area (Å²) in [6, 6.07) is -0.282. The van der Waals surface area contributed by atoms with Gasteiger partial charge in [-0.3, -0.25) is 14.5 Å². The number of hydrogen-bond acceptors (Lipinski definition) is 6. The second-order valence-corrected chi connectivity index (χ2v) is 8.38. The van der Waals surface area contributed by atoms with Crippen molar-refractivity contribution in [3.05, 3.63) is 0 Å². The van der Waals surface area contributed by atoms with Crippen molar-refractivity contribution in [1.29, 1.82) is 0 Å². The summed E-state index contributed by atoms with van der Waals surface area (Å²) in [4.78, 5) is 27.5. The van der Waals surface area contributed by atoms with Crippen LogP contribution in [0.1, 0.15) is 12.8 Å². The molecule has 8 nitrogen and oxygen atoms in total. The van der Waals surface area contributed by atoms with E-state index >= 15 is 0 Å². The molecule has 0 spiro atoms. The van der Waals surface area contributed by atoms with Gasteiger partial charge in [0.2, 0.25) is 11.8 Å². The van der Waals surface area contributed by atoms with Gasteiger partial charge in [0.15, 0.2) is 9.84 Å². The van der Waals surface area contributed by atoms with Crippen LogP contribution in [-0.2, 0) is 24.2 Å². The predicted molar refractivity (Wildman–Crippen MR) is 84.7 cm³/mol. The van der Waals surface area contributed by atoms with Gasteiger partial charge in [0.05, 0.1) is 31.3 Å². The van der Waals surface area contributed by atoms with Gasteiger partial charge in [-0.15, -0.1) is 0 Å². The lowest BCUT2D eigenvalue weighted by Crippen LogP contribution is -2.44. The van der Waals surface area contributed by atoms with Gasteiger partial charge < -0.3 is 15.0 Å². The third kappa shape index (κ3) is 6.08. The summed E-state index contributed by atoms with van der Waals surface area (Å²) in [5.74, 6) is 0.0376. The lowest BCUT2D eigenvalue weighted by atomic mass is 10.2. The van der Waals surface area contributed by atoms with E-state index in [9.17, 15) is 18.0 Å². The van der Waals surface area contributed by atoms with Crippen LogP contribution in [0.3, 0.4) is 0 Å². The van der Waals surface area contributed by atoms with Crippen LogP contribution >= 0.6 is 0 Å². The summed E-state index contributed by atoms with van der Waals surface area (Å²) in [5, 5.41) is 2.74. The molecule has 0 aliphatic carbocycles. The number of morpholine rings is 1. The zero-order valence-corrected chi connectivity index (χ0v) is 14.3. The van der Waals surface area contributed by atoms with Crippen LogP contribution < -0.4 is 5.32 Å². The van der Waals surface area contributed by atoms with Crippen molar-refractivity contribution in [3.63, 3.8) is 0 Å². The van der Waals surface area contributed by atoms with Gasteiger partial charge in [-0.25, -0.2) is 8.42 Å². The molecule has 1 N–H and O–H groups in total. The molecule has 0 bridgehead atoms. The van der Waals surface area contributed by atoms with Gasteiger partial charge in [-0.05, 0) is 13.5 Å². The smallest absolute Gasteiger partial charge is 0.234 e. The minimum absolute atomic E-state index is 0.0258. The zero-order valence-electron chi connectivity index (χ0n) is 13.5. The first-order valence-corrected chi connectivity index (χ1v) is 9.72. The quantitative estimate of drug-likeness (QED) is 0.626. The molecule has 2 rings (SSSR count). The maximum Gasteiger partial charge on any atom is 0.234 e. The third-order valence-electron chi connectivity index (χ3n) is 4.08. The number of carbonyl (C=O) groups is 2. The molecular weight excluding hydrogens is 322 g/mol. The van der Waals surface area contributed by atoms with Crippen LogP contribution in [0.25, 0.3) is 0 Å². The van der Waals surface area contributed by atoms with Gasteiger partial charge >= 0.3 is 0 Å². The number of sulfone groups is 1. The van der Waals surface area contributed by atoms with E-state index in [1.54, 1.807) is 16.8 Å². The van der Waals surface area contributed by atoms with E-state index in [-0.39, 0.29) is 35.9 Å². The maximum absolute atomic E-state index is 12.0. The zero-order chi connectivity index (χ0) is 16.9. The fourth-order valence-corrected chi connectivity index (χ4v) is 4.44. The van der Waals surface area contributed by atoms with E-state index in [2.05, 4.69) is 5.32 Å². The molecule has 23 heavy (non-hydrogen) atoms. The average molecular weight is 347 g/mol. The average Bonchev–Trinajstić information content (AvgIpc) is 2.84. The molecule has 0 radical (unpaired) electrons. The Labute approximate surface area is 137 Å². The molecule has 2 heterocycles. The van der Waals surface area contributed by atoms with Crippen molar-refractivity contribution in [3.8, 4) is 0 Å². The first kappa shape index (κ1) is 18.2. The molecule has 2 aliphatic rings. The van der Waals surface area contributed by atoms with Crippen molar-refractivity contribution < 1.29 is 22.7 Å². The Morgan fingerprint density at radius 3 is 2.61 bits per heavy atom. The number of likely N-dealkylation sites (N-methyl/N-ethyl adjacent to an activating group) is 1. The molecule has 0 saturated carbocycles. The van der Waals surface area contributed by atoms with Gasteiger partial charge in [0.25, 0.3) is 0 Å². The molecule has 2 aliphatic heterocycles. The van der Waals surface area contributed by atoms with Crippen LogP contribution in [0, 0.1) is 0 Å². The van der Waals surface area contributed by atoms with Crippen LogP contribution in [0.4, 0.5) is 0 Å². The monoisotopic (exact) mass is 347 g/mol. The summed E-state index contributed by atoms with van der Waals surface area (Å²) in [7, 11) is -1.22. The third-order valence-corrected chi connectivity index (χ3v) is 5.85. The van der Waals surface area contributed by atoms with E-state index in [4.69, 9.17) is 4.74 Å². The maximum atomic E-state index is 12.0. The molecule has 0 aromatic rings. The lowest BCUT2D eigenvalue weighted by molar-refractivity contribution is -0.136. The molecule has 1 atom stereocenters. The SMILES string of the molecule is CN(CCC(=O)N1CCOCC1)CC(=O)N[C@@H]1CCS(=O)(=O)C1. The summed E-state index contributed by atoms with van der Waals surface area (Å²) in [6.45, 7) is 3.06. The van der Waals surface area contributed by atoms with Crippen molar-refractivity contribution in [1.82, 2.24) is 15.1 Å². The number of ether oxygens (including phenoxy) is 1. The molecule has 9 heteroatoms. The molecule has 0 aromatic heterocycles. The predicted octanol–water partition coefficient (Wildman–Crippen LogP) is -1.53. The van der Waals surface area contributed by atoms with E-state index in [1.807, 2.05) is 0 Å². The first-order chi connectivity index (χ1) is 10.9. The van der Waals surface area contributed by atoms with E-state index in [0.717, 1.165) is 0 Å². The Hall–Kier alpha value is -1.19.